The number of methoxy groups -OCH3 is 3. The number of carbonyl (C=O) groups is 1. The van der Waals surface area contributed by atoms with Crippen LogP contribution in [0.2, 0.25) is 0 Å². The number of aromatic nitrogens is 4. The molecule has 0 aliphatic heterocycles. The highest BCUT2D eigenvalue weighted by Crippen LogP contribution is 2.40. The van der Waals surface area contributed by atoms with Gasteiger partial charge in [0.2, 0.25) is 11.6 Å². The van der Waals surface area contributed by atoms with Crippen molar-refractivity contribution in [3.8, 4) is 33.7 Å². The van der Waals surface area contributed by atoms with E-state index in [1.54, 1.807) is 37.3 Å². The molecule has 0 saturated carbocycles. The van der Waals surface area contributed by atoms with Gasteiger partial charge in [0.15, 0.2) is 11.5 Å². The Labute approximate surface area is 215 Å². The fraction of sp³-hybridized carbons (Fsp3) is 0.200. The second-order valence-electron chi connectivity index (χ2n) is 7.78. The highest BCUT2D eigenvalue weighted by atomic mass is 32.1. The smallest absolute Gasteiger partial charge is 0.299 e. The molecule has 0 spiro atoms. The van der Waals surface area contributed by atoms with E-state index < -0.39 is 0 Å². The Morgan fingerprint density at radius 2 is 1.72 bits per heavy atom. The molecular weight excluding hydrogens is 500 g/mol. The summed E-state index contributed by atoms with van der Waals surface area (Å²) in [6, 6.07) is 13.6. The van der Waals surface area contributed by atoms with Crippen molar-refractivity contribution in [2.45, 2.75) is 13.0 Å². The van der Waals surface area contributed by atoms with Crippen LogP contribution in [0, 0.1) is 0 Å². The summed E-state index contributed by atoms with van der Waals surface area (Å²) in [5.41, 5.74) is 5.09. The van der Waals surface area contributed by atoms with Crippen LogP contribution in [0.4, 0.5) is 0 Å². The molecule has 0 aliphatic carbocycles. The Morgan fingerprint density at radius 3 is 2.39 bits per heavy atom. The Morgan fingerprint density at radius 1 is 0.944 bits per heavy atom. The Balaban J connectivity index is 1.61. The monoisotopic (exact) mass is 522 g/mol. The minimum Gasteiger partial charge on any atom is -0.493 e. The lowest BCUT2D eigenvalue weighted by molar-refractivity contribution is -0.121. The second kappa shape index (κ2) is 10.3. The van der Waals surface area contributed by atoms with Crippen LogP contribution in [0.1, 0.15) is 16.7 Å². The number of fused-ring (bicyclic) bond motifs is 1. The number of thiophene rings is 1. The zero-order valence-electron chi connectivity index (χ0n) is 19.8. The molecular formula is C25H22N4O5S2. The van der Waals surface area contributed by atoms with E-state index in [1.165, 1.54) is 11.7 Å². The molecule has 184 valence electrons. The first-order valence-corrected chi connectivity index (χ1v) is 12.5. The summed E-state index contributed by atoms with van der Waals surface area (Å²) < 4.78 is 32.3. The first kappa shape index (κ1) is 23.8. The topological polar surface area (TPSA) is 97.6 Å². The quantitative estimate of drug-likeness (QED) is 0.241. The zero-order valence-corrected chi connectivity index (χ0v) is 21.4. The van der Waals surface area contributed by atoms with Crippen molar-refractivity contribution < 1.29 is 23.7 Å². The average molecular weight is 523 g/mol. The summed E-state index contributed by atoms with van der Waals surface area (Å²) in [6.07, 6.45) is 0.499. The van der Waals surface area contributed by atoms with Gasteiger partial charge in [-0.1, -0.05) is 12.1 Å². The van der Waals surface area contributed by atoms with E-state index in [1.807, 2.05) is 47.8 Å². The van der Waals surface area contributed by atoms with E-state index in [2.05, 4.69) is 8.75 Å². The van der Waals surface area contributed by atoms with Crippen LogP contribution >= 0.6 is 23.1 Å². The summed E-state index contributed by atoms with van der Waals surface area (Å²) in [4.78, 5) is 12.5. The molecule has 11 heteroatoms. The van der Waals surface area contributed by atoms with Crippen LogP contribution in [-0.4, -0.2) is 46.3 Å². The van der Waals surface area contributed by atoms with Crippen LogP contribution < -0.4 is 18.9 Å². The number of rotatable bonds is 10. The van der Waals surface area contributed by atoms with Crippen molar-refractivity contribution in [3.63, 3.8) is 0 Å². The number of carbonyl (C=O) groups excluding carboxylic acids is 1. The van der Waals surface area contributed by atoms with E-state index >= 15 is 0 Å². The lowest BCUT2D eigenvalue weighted by Gasteiger charge is -2.14. The van der Waals surface area contributed by atoms with Gasteiger partial charge < -0.3 is 18.9 Å². The molecule has 3 heterocycles. The molecule has 0 fully saturated rings. The zero-order chi connectivity index (χ0) is 25.1. The maximum absolute atomic E-state index is 11.6. The summed E-state index contributed by atoms with van der Waals surface area (Å²) >= 11 is 2.75. The van der Waals surface area contributed by atoms with Crippen LogP contribution in [-0.2, 0) is 17.8 Å². The lowest BCUT2D eigenvalue weighted by atomic mass is 10.0. The van der Waals surface area contributed by atoms with Gasteiger partial charge in [0.05, 0.1) is 44.5 Å². The van der Waals surface area contributed by atoms with Gasteiger partial charge >= 0.3 is 0 Å². The van der Waals surface area contributed by atoms with E-state index in [0.29, 0.717) is 42.6 Å². The minimum atomic E-state index is 0.313. The summed E-state index contributed by atoms with van der Waals surface area (Å²) in [6.45, 7) is 0.741. The van der Waals surface area contributed by atoms with E-state index in [-0.39, 0.29) is 0 Å². The molecule has 5 aromatic rings. The van der Waals surface area contributed by atoms with E-state index in [4.69, 9.17) is 24.0 Å². The maximum atomic E-state index is 11.6. The van der Waals surface area contributed by atoms with Gasteiger partial charge in [-0.05, 0) is 46.8 Å². The molecule has 0 radical (unpaired) electrons. The molecule has 0 aliphatic rings. The van der Waals surface area contributed by atoms with Crippen molar-refractivity contribution >= 4 is 40.6 Å². The van der Waals surface area contributed by atoms with Gasteiger partial charge in [-0.2, -0.15) is 13.8 Å². The number of benzene rings is 2. The van der Waals surface area contributed by atoms with Crippen LogP contribution in [0.3, 0.4) is 0 Å². The van der Waals surface area contributed by atoms with Gasteiger partial charge in [-0.3, -0.25) is 4.79 Å². The molecule has 5 rings (SSSR count). The van der Waals surface area contributed by atoms with Gasteiger partial charge in [0.1, 0.15) is 16.7 Å². The Bertz CT molecular complexity index is 1490. The maximum Gasteiger partial charge on any atom is 0.299 e. The highest BCUT2D eigenvalue weighted by Gasteiger charge is 2.23. The first-order chi connectivity index (χ1) is 17.6. The predicted octanol–water partition coefficient (Wildman–Crippen LogP) is 4.82. The summed E-state index contributed by atoms with van der Waals surface area (Å²) in [7, 11) is 4.69. The first-order valence-electron chi connectivity index (χ1n) is 10.9. The van der Waals surface area contributed by atoms with Crippen LogP contribution in [0.25, 0.3) is 21.6 Å². The van der Waals surface area contributed by atoms with Crippen LogP contribution in [0.15, 0.2) is 47.8 Å². The number of nitrogens with zero attached hydrogens (tertiary/aromatic N) is 4. The normalized spacial score (nSPS) is 11.0. The summed E-state index contributed by atoms with van der Waals surface area (Å²) in [5.74, 6) is 1.93. The Kier molecular flexibility index (Phi) is 6.83. The van der Waals surface area contributed by atoms with Crippen molar-refractivity contribution in [1.29, 1.82) is 0 Å². The molecule has 0 bridgehead atoms. The standard InChI is InChI=1S/C25H22N4O5S2/c1-31-20-11-16(12-21(32-2)24(20)33-3)13-29-25(34-14-30)17(23(26-29)22-5-4-8-35-22)9-15-6-7-18-19(10-15)28-36-27-18/h4-8,10-12,14H,9,13H2,1-3H3. The Hall–Kier alpha value is -3.96. The van der Waals surface area contributed by atoms with Crippen molar-refractivity contribution in [3.05, 3.63) is 64.5 Å². The number of hydrogen-bond donors (Lipinski definition) is 0. The van der Waals surface area contributed by atoms with Crippen molar-refractivity contribution in [2.24, 2.45) is 0 Å². The predicted molar refractivity (Wildman–Crippen MR) is 138 cm³/mol. The SMILES string of the molecule is COc1cc(Cn2nc(-c3cccs3)c(Cc3ccc4nsnc4c3)c2OC=O)cc(OC)c1OC. The molecule has 3 aromatic heterocycles. The summed E-state index contributed by atoms with van der Waals surface area (Å²) in [5, 5.41) is 6.86. The molecule has 36 heavy (non-hydrogen) atoms. The van der Waals surface area contributed by atoms with Gasteiger partial charge in [-0.25, -0.2) is 4.68 Å². The fourth-order valence-corrected chi connectivity index (χ4v) is 5.33. The third-order valence-corrected chi connectivity index (χ3v) is 7.10. The minimum absolute atomic E-state index is 0.313. The molecule has 0 amide bonds. The van der Waals surface area contributed by atoms with Gasteiger partial charge in [-0.15, -0.1) is 11.3 Å². The van der Waals surface area contributed by atoms with E-state index in [0.717, 1.165) is 38.3 Å². The highest BCUT2D eigenvalue weighted by molar-refractivity contribution is 7.13. The largest absolute Gasteiger partial charge is 0.493 e. The number of ether oxygens (including phenoxy) is 4. The van der Waals surface area contributed by atoms with Gasteiger partial charge in [0, 0.05) is 12.0 Å². The third-order valence-electron chi connectivity index (χ3n) is 5.67. The second-order valence-corrected chi connectivity index (χ2v) is 9.26. The van der Waals surface area contributed by atoms with E-state index in [9.17, 15) is 4.79 Å². The lowest BCUT2D eigenvalue weighted by Crippen LogP contribution is -2.07. The molecule has 0 N–H and O–H groups in total. The number of hydrogen-bond acceptors (Lipinski definition) is 10. The molecule has 0 atom stereocenters. The van der Waals surface area contributed by atoms with Crippen LogP contribution in [0.5, 0.6) is 23.1 Å². The average Bonchev–Trinajstić information content (AvgIpc) is 3.65. The van der Waals surface area contributed by atoms with Gasteiger partial charge in [0.25, 0.3) is 6.47 Å². The van der Waals surface area contributed by atoms with Crippen molar-refractivity contribution in [2.75, 3.05) is 21.3 Å². The molecule has 2 aromatic carbocycles. The molecule has 9 nitrogen and oxygen atoms in total. The van der Waals surface area contributed by atoms with Crippen molar-refractivity contribution in [1.82, 2.24) is 18.5 Å². The third kappa shape index (κ3) is 4.50. The molecule has 0 saturated heterocycles. The molecule has 0 unspecified atom stereocenters. The fourth-order valence-electron chi connectivity index (χ4n) is 4.08.